The van der Waals surface area contributed by atoms with Crippen LogP contribution in [0.4, 0.5) is 0 Å². The van der Waals surface area contributed by atoms with Crippen molar-refractivity contribution in [1.29, 1.82) is 0 Å². The first-order chi connectivity index (χ1) is 4.33. The molecule has 0 bridgehead atoms. The summed E-state index contributed by atoms with van der Waals surface area (Å²) in [6.07, 6.45) is 0. The van der Waals surface area contributed by atoms with E-state index in [1.54, 1.807) is 0 Å². The van der Waals surface area contributed by atoms with Crippen molar-refractivity contribution in [2.45, 2.75) is 12.7 Å². The fourth-order valence-corrected chi connectivity index (χ4v) is 1.83. The van der Waals surface area contributed by atoms with Gasteiger partial charge in [0.2, 0.25) is 0 Å². The molecule has 0 aliphatic rings. The van der Waals surface area contributed by atoms with E-state index in [9.17, 15) is 0 Å². The molecular formula is C8H10Se. The van der Waals surface area contributed by atoms with Crippen molar-refractivity contribution in [2.75, 3.05) is 0 Å². The predicted octanol–water partition coefficient (Wildman–Crippen LogP) is 1.37. The standard InChI is InChI=1S/C8H10Se/c1-7-4-3-5-8(6-7)9-2/h3-6H,1-2H3. The van der Waals surface area contributed by atoms with E-state index < -0.39 is 0 Å². The molecule has 0 N–H and O–H groups in total. The molecule has 0 aromatic heterocycles. The molecule has 0 unspecified atom stereocenters. The average molecular weight is 185 g/mol. The summed E-state index contributed by atoms with van der Waals surface area (Å²) in [5, 5.41) is 0. The summed E-state index contributed by atoms with van der Waals surface area (Å²) >= 11 is 0.659. The summed E-state index contributed by atoms with van der Waals surface area (Å²) in [5.41, 5.74) is 1.37. The molecule has 9 heavy (non-hydrogen) atoms. The Labute approximate surface area is 62.4 Å². The van der Waals surface area contributed by atoms with Crippen LogP contribution in [0.3, 0.4) is 0 Å². The minimum absolute atomic E-state index is 0.659. The molecule has 0 atom stereocenters. The molecular weight excluding hydrogens is 175 g/mol. The topological polar surface area (TPSA) is 0 Å². The van der Waals surface area contributed by atoms with Gasteiger partial charge in [0.1, 0.15) is 0 Å². The molecule has 1 heteroatoms. The number of aryl methyl sites for hydroxylation is 1. The van der Waals surface area contributed by atoms with Gasteiger partial charge in [0.25, 0.3) is 0 Å². The second kappa shape index (κ2) is 3.05. The van der Waals surface area contributed by atoms with E-state index in [-0.39, 0.29) is 0 Å². The Bertz CT molecular complexity index is 194. The van der Waals surface area contributed by atoms with E-state index in [2.05, 4.69) is 37.0 Å². The number of hydrogen-bond acceptors (Lipinski definition) is 0. The van der Waals surface area contributed by atoms with Crippen LogP contribution in [0.5, 0.6) is 0 Å². The molecule has 0 nitrogen and oxygen atoms in total. The van der Waals surface area contributed by atoms with Crippen LogP contribution in [0.2, 0.25) is 5.82 Å². The maximum absolute atomic E-state index is 2.25. The molecule has 1 aromatic carbocycles. The van der Waals surface area contributed by atoms with Crippen molar-refractivity contribution in [3.63, 3.8) is 0 Å². The Morgan fingerprint density at radius 2 is 2.11 bits per heavy atom. The first kappa shape index (κ1) is 6.85. The van der Waals surface area contributed by atoms with Crippen molar-refractivity contribution in [3.8, 4) is 0 Å². The molecule has 0 saturated carbocycles. The van der Waals surface area contributed by atoms with Crippen molar-refractivity contribution >= 4 is 19.4 Å². The van der Waals surface area contributed by atoms with Gasteiger partial charge in [0.15, 0.2) is 0 Å². The molecule has 0 radical (unpaired) electrons. The van der Waals surface area contributed by atoms with Gasteiger partial charge in [-0.2, -0.15) is 0 Å². The fraction of sp³-hybridized carbons (Fsp3) is 0.250. The van der Waals surface area contributed by atoms with Gasteiger partial charge >= 0.3 is 62.0 Å². The molecule has 0 spiro atoms. The van der Waals surface area contributed by atoms with Gasteiger partial charge in [0, 0.05) is 0 Å². The minimum atomic E-state index is 0.659. The van der Waals surface area contributed by atoms with Crippen LogP contribution in [0.15, 0.2) is 24.3 Å². The Hall–Kier alpha value is -0.261. The van der Waals surface area contributed by atoms with Crippen molar-refractivity contribution < 1.29 is 0 Å². The van der Waals surface area contributed by atoms with Crippen molar-refractivity contribution in [2.24, 2.45) is 0 Å². The fourth-order valence-electron chi connectivity index (χ4n) is 0.742. The number of benzene rings is 1. The molecule has 0 aliphatic carbocycles. The molecule has 0 aliphatic heterocycles. The van der Waals surface area contributed by atoms with Crippen LogP contribution >= 0.6 is 0 Å². The van der Waals surface area contributed by atoms with Gasteiger partial charge in [-0.3, -0.25) is 0 Å². The van der Waals surface area contributed by atoms with E-state index in [1.807, 2.05) is 0 Å². The third kappa shape index (κ3) is 1.85. The van der Waals surface area contributed by atoms with Gasteiger partial charge in [-0.1, -0.05) is 0 Å². The van der Waals surface area contributed by atoms with Crippen LogP contribution in [0.1, 0.15) is 5.56 Å². The van der Waals surface area contributed by atoms with E-state index in [1.165, 1.54) is 10.0 Å². The zero-order chi connectivity index (χ0) is 6.69. The molecule has 0 heterocycles. The monoisotopic (exact) mass is 186 g/mol. The van der Waals surface area contributed by atoms with Crippen LogP contribution in [0, 0.1) is 6.92 Å². The van der Waals surface area contributed by atoms with Crippen LogP contribution in [-0.4, -0.2) is 15.0 Å². The summed E-state index contributed by atoms with van der Waals surface area (Å²) < 4.78 is 1.49. The summed E-state index contributed by atoms with van der Waals surface area (Å²) in [4.78, 5) is 0. The molecule has 0 saturated heterocycles. The normalized spacial score (nSPS) is 9.56. The molecule has 1 rings (SSSR count). The van der Waals surface area contributed by atoms with Crippen LogP contribution in [0.25, 0.3) is 0 Å². The van der Waals surface area contributed by atoms with Crippen LogP contribution in [-0.2, 0) is 0 Å². The van der Waals surface area contributed by atoms with Gasteiger partial charge in [-0.25, -0.2) is 0 Å². The molecule has 1 aromatic rings. The maximum atomic E-state index is 2.25. The molecule has 48 valence electrons. The van der Waals surface area contributed by atoms with E-state index >= 15 is 0 Å². The van der Waals surface area contributed by atoms with Gasteiger partial charge in [0.05, 0.1) is 0 Å². The number of hydrogen-bond donors (Lipinski definition) is 0. The Balaban J connectivity index is 2.94. The van der Waals surface area contributed by atoms with E-state index in [0.717, 1.165) is 0 Å². The number of rotatable bonds is 1. The van der Waals surface area contributed by atoms with Crippen molar-refractivity contribution in [3.05, 3.63) is 29.8 Å². The third-order valence-corrected chi connectivity index (χ3v) is 2.75. The Morgan fingerprint density at radius 3 is 2.56 bits per heavy atom. The Morgan fingerprint density at radius 1 is 1.33 bits per heavy atom. The van der Waals surface area contributed by atoms with Crippen LogP contribution < -0.4 is 4.46 Å². The Kier molecular flexibility index (Phi) is 2.32. The second-order valence-corrected chi connectivity index (χ2v) is 3.87. The zero-order valence-electron chi connectivity index (χ0n) is 5.72. The first-order valence-electron chi connectivity index (χ1n) is 2.93. The van der Waals surface area contributed by atoms with Gasteiger partial charge in [-0.15, -0.1) is 0 Å². The summed E-state index contributed by atoms with van der Waals surface area (Å²) in [7, 11) is 0. The average Bonchev–Trinajstić information content (AvgIpc) is 1.88. The third-order valence-electron chi connectivity index (χ3n) is 1.23. The van der Waals surface area contributed by atoms with Gasteiger partial charge < -0.3 is 0 Å². The van der Waals surface area contributed by atoms with Crippen molar-refractivity contribution in [1.82, 2.24) is 0 Å². The second-order valence-electron chi connectivity index (χ2n) is 2.02. The first-order valence-corrected chi connectivity index (χ1v) is 5.50. The summed E-state index contributed by atoms with van der Waals surface area (Å²) in [6, 6.07) is 8.69. The SMILES string of the molecule is C[Se]c1cccc(C)c1. The quantitative estimate of drug-likeness (QED) is 0.580. The van der Waals surface area contributed by atoms with E-state index in [4.69, 9.17) is 0 Å². The van der Waals surface area contributed by atoms with E-state index in [0.29, 0.717) is 15.0 Å². The molecule has 0 fully saturated rings. The molecule has 0 amide bonds. The summed E-state index contributed by atoms with van der Waals surface area (Å²) in [5.74, 6) is 2.24. The summed E-state index contributed by atoms with van der Waals surface area (Å²) in [6.45, 7) is 2.13. The van der Waals surface area contributed by atoms with Gasteiger partial charge in [-0.05, 0) is 0 Å². The zero-order valence-corrected chi connectivity index (χ0v) is 7.43. The predicted molar refractivity (Wildman–Crippen MR) is 42.4 cm³/mol.